The van der Waals surface area contributed by atoms with Gasteiger partial charge in [0, 0.05) is 13.1 Å². The van der Waals surface area contributed by atoms with Crippen LogP contribution in [-0.4, -0.2) is 49.6 Å². The van der Waals surface area contributed by atoms with E-state index in [9.17, 15) is 0 Å². The molecule has 0 saturated carbocycles. The first-order valence-electron chi connectivity index (χ1n) is 6.80. The van der Waals surface area contributed by atoms with Crippen LogP contribution in [0.4, 0.5) is 0 Å². The lowest BCUT2D eigenvalue weighted by molar-refractivity contribution is 0.118. The van der Waals surface area contributed by atoms with Crippen molar-refractivity contribution in [2.45, 2.75) is 40.0 Å². The predicted octanol–water partition coefficient (Wildman–Crippen LogP) is 2.45. The Morgan fingerprint density at radius 3 is 2.12 bits per heavy atom. The first kappa shape index (κ1) is 12.4. The maximum absolute atomic E-state index is 2.70. The minimum Gasteiger partial charge on any atom is -0.306 e. The van der Waals surface area contributed by atoms with Crippen molar-refractivity contribution < 1.29 is 0 Å². The summed E-state index contributed by atoms with van der Waals surface area (Å²) >= 11 is 0. The van der Waals surface area contributed by atoms with Crippen molar-refractivity contribution in [2.24, 2.45) is 10.8 Å². The zero-order chi connectivity index (χ0) is 11.8. The minimum atomic E-state index is 0.455. The zero-order valence-electron chi connectivity index (χ0n) is 11.6. The van der Waals surface area contributed by atoms with Gasteiger partial charge in [0.15, 0.2) is 0 Å². The first-order valence-corrected chi connectivity index (χ1v) is 6.80. The summed E-state index contributed by atoms with van der Waals surface area (Å²) < 4.78 is 0. The summed E-state index contributed by atoms with van der Waals surface area (Å²) in [5, 5.41) is 0. The molecule has 2 saturated heterocycles. The number of likely N-dealkylation sites (tertiary alicyclic amines) is 2. The predicted molar refractivity (Wildman–Crippen MR) is 69.7 cm³/mol. The number of piperidine rings is 1. The van der Waals surface area contributed by atoms with Crippen molar-refractivity contribution in [3.8, 4) is 0 Å². The van der Waals surface area contributed by atoms with Gasteiger partial charge < -0.3 is 9.80 Å². The molecule has 16 heavy (non-hydrogen) atoms. The fraction of sp³-hybridized carbons (Fsp3) is 1.00. The summed E-state index contributed by atoms with van der Waals surface area (Å²) in [5.41, 5.74) is 1.13. The normalized spacial score (nSPS) is 27.8. The molecule has 0 N–H and O–H groups in total. The van der Waals surface area contributed by atoms with E-state index >= 15 is 0 Å². The van der Waals surface area contributed by atoms with Crippen LogP contribution in [0.15, 0.2) is 0 Å². The van der Waals surface area contributed by atoms with Gasteiger partial charge in [0.25, 0.3) is 0 Å². The molecule has 2 aliphatic rings. The Balaban J connectivity index is 1.87. The molecule has 94 valence electrons. The van der Waals surface area contributed by atoms with Gasteiger partial charge in [-0.3, -0.25) is 0 Å². The van der Waals surface area contributed by atoms with Crippen molar-refractivity contribution in [3.05, 3.63) is 0 Å². The molecule has 0 atom stereocenters. The van der Waals surface area contributed by atoms with Gasteiger partial charge in [-0.1, -0.05) is 20.8 Å². The Hall–Kier alpha value is -0.0800. The van der Waals surface area contributed by atoms with Gasteiger partial charge in [0.2, 0.25) is 0 Å². The summed E-state index contributed by atoms with van der Waals surface area (Å²) in [4.78, 5) is 5.18. The average molecular weight is 224 g/mol. The van der Waals surface area contributed by atoms with E-state index in [0.717, 1.165) is 0 Å². The molecule has 0 bridgehead atoms. The van der Waals surface area contributed by atoms with Crippen molar-refractivity contribution in [1.82, 2.24) is 9.80 Å². The lowest BCUT2D eigenvalue weighted by atomic mass is 9.78. The van der Waals surface area contributed by atoms with E-state index < -0.39 is 0 Å². The quantitative estimate of drug-likeness (QED) is 0.675. The highest BCUT2D eigenvalue weighted by atomic mass is 15.2. The molecule has 2 nitrogen and oxygen atoms in total. The van der Waals surface area contributed by atoms with Crippen LogP contribution in [0.5, 0.6) is 0 Å². The summed E-state index contributed by atoms with van der Waals surface area (Å²) in [6, 6.07) is 0. The van der Waals surface area contributed by atoms with Crippen LogP contribution >= 0.6 is 0 Å². The maximum Gasteiger partial charge on any atom is 0.00396 e. The molecule has 2 heterocycles. The fourth-order valence-corrected chi connectivity index (χ4v) is 3.33. The Labute approximate surface area is 101 Å². The molecule has 2 fully saturated rings. The fourth-order valence-electron chi connectivity index (χ4n) is 3.33. The Bertz CT molecular complexity index is 234. The molecular formula is C14H28N2. The van der Waals surface area contributed by atoms with Crippen molar-refractivity contribution in [3.63, 3.8) is 0 Å². The van der Waals surface area contributed by atoms with E-state index in [4.69, 9.17) is 0 Å². The smallest absolute Gasteiger partial charge is 0.00396 e. The molecule has 0 aromatic rings. The number of rotatable bonds is 1. The van der Waals surface area contributed by atoms with Crippen molar-refractivity contribution in [1.29, 1.82) is 0 Å². The molecule has 0 radical (unpaired) electrons. The lowest BCUT2D eigenvalue weighted by Crippen LogP contribution is -2.40. The summed E-state index contributed by atoms with van der Waals surface area (Å²) in [6.45, 7) is 13.6. The van der Waals surface area contributed by atoms with Gasteiger partial charge in [0.1, 0.15) is 0 Å². The van der Waals surface area contributed by atoms with Gasteiger partial charge in [0.05, 0.1) is 0 Å². The van der Waals surface area contributed by atoms with Crippen LogP contribution in [0.2, 0.25) is 0 Å². The van der Waals surface area contributed by atoms with E-state index in [2.05, 4.69) is 37.6 Å². The summed E-state index contributed by atoms with van der Waals surface area (Å²) in [5.74, 6) is 0. The van der Waals surface area contributed by atoms with E-state index in [1.54, 1.807) is 0 Å². The van der Waals surface area contributed by atoms with Gasteiger partial charge in [-0.05, 0) is 56.8 Å². The van der Waals surface area contributed by atoms with Crippen LogP contribution in [0.25, 0.3) is 0 Å². The SMILES string of the molecule is CN1CCC2(CC1)CCN(CC(C)(C)C)C2. The molecule has 0 aliphatic carbocycles. The van der Waals surface area contributed by atoms with Gasteiger partial charge in [-0.25, -0.2) is 0 Å². The molecular weight excluding hydrogens is 196 g/mol. The highest BCUT2D eigenvalue weighted by molar-refractivity contribution is 4.94. The summed E-state index contributed by atoms with van der Waals surface area (Å²) in [6.07, 6.45) is 4.28. The van der Waals surface area contributed by atoms with Crippen LogP contribution in [0, 0.1) is 10.8 Å². The topological polar surface area (TPSA) is 6.48 Å². The third kappa shape index (κ3) is 2.98. The van der Waals surface area contributed by atoms with Crippen molar-refractivity contribution in [2.75, 3.05) is 39.8 Å². The minimum absolute atomic E-state index is 0.455. The van der Waals surface area contributed by atoms with Crippen LogP contribution in [0.1, 0.15) is 40.0 Å². The molecule has 0 aromatic heterocycles. The molecule has 2 heteroatoms. The molecule has 0 aromatic carbocycles. The zero-order valence-corrected chi connectivity index (χ0v) is 11.6. The van der Waals surface area contributed by atoms with E-state index in [-0.39, 0.29) is 0 Å². The molecule has 1 spiro atoms. The maximum atomic E-state index is 2.70. The van der Waals surface area contributed by atoms with Gasteiger partial charge >= 0.3 is 0 Å². The highest BCUT2D eigenvalue weighted by Crippen LogP contribution is 2.40. The molecule has 2 rings (SSSR count). The highest BCUT2D eigenvalue weighted by Gasteiger charge is 2.40. The largest absolute Gasteiger partial charge is 0.306 e. The summed E-state index contributed by atoms with van der Waals surface area (Å²) in [7, 11) is 2.26. The van der Waals surface area contributed by atoms with E-state index in [0.29, 0.717) is 10.8 Å². The van der Waals surface area contributed by atoms with E-state index in [1.165, 1.54) is 52.0 Å². The second-order valence-electron chi connectivity index (χ2n) is 7.32. The number of hydrogen-bond donors (Lipinski definition) is 0. The standard InChI is InChI=1S/C14H28N2/c1-13(2,3)11-16-10-7-14(12-16)5-8-15(4)9-6-14/h5-12H2,1-4H3. The molecule has 2 aliphatic heterocycles. The van der Waals surface area contributed by atoms with Crippen LogP contribution in [-0.2, 0) is 0 Å². The first-order chi connectivity index (χ1) is 7.39. The number of nitrogens with zero attached hydrogens (tertiary/aromatic N) is 2. The van der Waals surface area contributed by atoms with Gasteiger partial charge in [-0.2, -0.15) is 0 Å². The van der Waals surface area contributed by atoms with E-state index in [1.807, 2.05) is 0 Å². The molecule has 0 unspecified atom stereocenters. The average Bonchev–Trinajstić information content (AvgIpc) is 2.52. The second kappa shape index (κ2) is 4.30. The monoisotopic (exact) mass is 224 g/mol. The Morgan fingerprint density at radius 1 is 1.00 bits per heavy atom. The van der Waals surface area contributed by atoms with Crippen molar-refractivity contribution >= 4 is 0 Å². The van der Waals surface area contributed by atoms with Crippen LogP contribution < -0.4 is 0 Å². The third-order valence-corrected chi connectivity index (χ3v) is 4.26. The second-order valence-corrected chi connectivity index (χ2v) is 7.32. The van der Waals surface area contributed by atoms with Crippen LogP contribution in [0.3, 0.4) is 0 Å². The third-order valence-electron chi connectivity index (χ3n) is 4.26. The Morgan fingerprint density at radius 2 is 1.56 bits per heavy atom. The lowest BCUT2D eigenvalue weighted by Gasteiger charge is -2.38. The molecule has 0 amide bonds. The Kier molecular flexibility index (Phi) is 3.33. The van der Waals surface area contributed by atoms with Gasteiger partial charge in [-0.15, -0.1) is 0 Å². The number of hydrogen-bond acceptors (Lipinski definition) is 2.